The molecule has 0 aromatic heterocycles. The Hall–Kier alpha value is -1.56. The van der Waals surface area contributed by atoms with Crippen molar-refractivity contribution in [3.8, 4) is 0 Å². The van der Waals surface area contributed by atoms with E-state index in [0.29, 0.717) is 5.56 Å². The van der Waals surface area contributed by atoms with Crippen LogP contribution >= 0.6 is 0 Å². The third-order valence-electron chi connectivity index (χ3n) is 2.88. The van der Waals surface area contributed by atoms with Crippen LogP contribution in [0.5, 0.6) is 0 Å². The van der Waals surface area contributed by atoms with Crippen LogP contribution in [0.15, 0.2) is 30.3 Å². The molecule has 1 rings (SSSR count). The predicted molar refractivity (Wildman–Crippen MR) is 64.4 cm³/mol. The van der Waals surface area contributed by atoms with Gasteiger partial charge in [0.15, 0.2) is 0 Å². The number of carbonyl (C=O) groups excluding carboxylic acids is 1. The molecule has 0 heterocycles. The lowest BCUT2D eigenvalue weighted by Crippen LogP contribution is -2.55. The number of alkyl halides is 3. The predicted octanol–water partition coefficient (Wildman–Crippen LogP) is 2.66. The van der Waals surface area contributed by atoms with Gasteiger partial charge in [-0.15, -0.1) is 0 Å². The number of rotatable bonds is 5. The van der Waals surface area contributed by atoms with Gasteiger partial charge in [0.05, 0.1) is 13.5 Å². The number of hydrogen-bond acceptors (Lipinski definition) is 3. The molecule has 1 aromatic carbocycles. The molecule has 0 amide bonds. The molecule has 0 bridgehead atoms. The van der Waals surface area contributed by atoms with Crippen molar-refractivity contribution >= 4 is 5.97 Å². The third-order valence-corrected chi connectivity index (χ3v) is 2.88. The minimum Gasteiger partial charge on any atom is -0.469 e. The van der Waals surface area contributed by atoms with Gasteiger partial charge in [-0.2, -0.15) is 13.2 Å². The zero-order chi connectivity index (χ0) is 14.5. The number of methoxy groups -OCH3 is 1. The second-order valence-electron chi connectivity index (χ2n) is 4.42. The van der Waals surface area contributed by atoms with Crippen LogP contribution in [0.4, 0.5) is 13.2 Å². The van der Waals surface area contributed by atoms with Crippen LogP contribution in [0, 0.1) is 0 Å². The Labute approximate surface area is 109 Å². The second kappa shape index (κ2) is 6.06. The zero-order valence-electron chi connectivity index (χ0n) is 10.8. The van der Waals surface area contributed by atoms with Gasteiger partial charge in [0.2, 0.25) is 0 Å². The number of ether oxygens (including phenoxy) is 1. The lowest BCUT2D eigenvalue weighted by atomic mass is 9.96. The molecule has 0 saturated heterocycles. The Balaban J connectivity index is 2.78. The summed E-state index contributed by atoms with van der Waals surface area (Å²) in [5.41, 5.74) is -1.60. The molecular formula is C13H16F3NO2. The zero-order valence-corrected chi connectivity index (χ0v) is 10.8. The Morgan fingerprint density at radius 2 is 1.84 bits per heavy atom. The lowest BCUT2D eigenvalue weighted by molar-refractivity contribution is -0.199. The molecule has 1 unspecified atom stereocenters. The van der Waals surface area contributed by atoms with Crippen molar-refractivity contribution in [3.05, 3.63) is 35.9 Å². The Morgan fingerprint density at radius 3 is 2.32 bits per heavy atom. The van der Waals surface area contributed by atoms with Crippen molar-refractivity contribution in [3.63, 3.8) is 0 Å². The minimum atomic E-state index is -4.55. The summed E-state index contributed by atoms with van der Waals surface area (Å²) < 4.78 is 43.4. The quantitative estimate of drug-likeness (QED) is 0.840. The summed E-state index contributed by atoms with van der Waals surface area (Å²) >= 11 is 0. The molecule has 0 spiro atoms. The molecule has 1 aromatic rings. The standard InChI is InChI=1S/C13H16F3NO2/c1-12(13(14,15)16,8-11(18)19-2)17-9-10-6-4-3-5-7-10/h3-7,17H,8-9H2,1-2H3. The first-order valence-electron chi connectivity index (χ1n) is 5.71. The fourth-order valence-electron chi connectivity index (χ4n) is 1.52. The van der Waals surface area contributed by atoms with E-state index in [1.54, 1.807) is 30.3 Å². The molecule has 3 nitrogen and oxygen atoms in total. The highest BCUT2D eigenvalue weighted by Gasteiger charge is 2.52. The monoisotopic (exact) mass is 275 g/mol. The van der Waals surface area contributed by atoms with Gasteiger partial charge in [-0.25, -0.2) is 0 Å². The van der Waals surface area contributed by atoms with E-state index in [4.69, 9.17) is 0 Å². The summed E-state index contributed by atoms with van der Waals surface area (Å²) in [6.45, 7) is 0.973. The Kier molecular flexibility index (Phi) is 4.94. The van der Waals surface area contributed by atoms with E-state index in [1.807, 2.05) is 0 Å². The first-order chi connectivity index (χ1) is 8.78. The highest BCUT2D eigenvalue weighted by atomic mass is 19.4. The fraction of sp³-hybridized carbons (Fsp3) is 0.462. The van der Waals surface area contributed by atoms with Crippen LogP contribution in [-0.4, -0.2) is 24.8 Å². The fourth-order valence-corrected chi connectivity index (χ4v) is 1.52. The number of carbonyl (C=O) groups is 1. The average Bonchev–Trinajstić information content (AvgIpc) is 2.36. The van der Waals surface area contributed by atoms with Crippen molar-refractivity contribution in [1.29, 1.82) is 0 Å². The van der Waals surface area contributed by atoms with Gasteiger partial charge in [-0.05, 0) is 12.5 Å². The molecule has 6 heteroatoms. The molecule has 0 aliphatic heterocycles. The van der Waals surface area contributed by atoms with Crippen molar-refractivity contribution in [2.24, 2.45) is 0 Å². The van der Waals surface area contributed by atoms with Crippen LogP contribution in [0.3, 0.4) is 0 Å². The summed E-state index contributed by atoms with van der Waals surface area (Å²) in [6.07, 6.45) is -5.31. The third kappa shape index (κ3) is 4.24. The van der Waals surface area contributed by atoms with Crippen LogP contribution in [0.25, 0.3) is 0 Å². The first-order valence-corrected chi connectivity index (χ1v) is 5.71. The van der Waals surface area contributed by atoms with Crippen LogP contribution < -0.4 is 5.32 Å². The topological polar surface area (TPSA) is 38.3 Å². The van der Waals surface area contributed by atoms with E-state index in [-0.39, 0.29) is 6.54 Å². The molecule has 1 N–H and O–H groups in total. The molecule has 19 heavy (non-hydrogen) atoms. The maximum Gasteiger partial charge on any atom is 0.406 e. The van der Waals surface area contributed by atoms with Gasteiger partial charge in [0.1, 0.15) is 5.54 Å². The molecule has 0 aliphatic rings. The van der Waals surface area contributed by atoms with Crippen molar-refractivity contribution < 1.29 is 22.7 Å². The first kappa shape index (κ1) is 15.5. The molecule has 0 fully saturated rings. The van der Waals surface area contributed by atoms with E-state index in [0.717, 1.165) is 14.0 Å². The van der Waals surface area contributed by atoms with Gasteiger partial charge in [-0.3, -0.25) is 10.1 Å². The number of benzene rings is 1. The largest absolute Gasteiger partial charge is 0.469 e. The second-order valence-corrected chi connectivity index (χ2v) is 4.42. The van der Waals surface area contributed by atoms with Crippen molar-refractivity contribution in [2.45, 2.75) is 31.6 Å². The van der Waals surface area contributed by atoms with Crippen molar-refractivity contribution in [2.75, 3.05) is 7.11 Å². The molecule has 106 valence electrons. The van der Waals surface area contributed by atoms with E-state index in [1.165, 1.54) is 0 Å². The minimum absolute atomic E-state index is 0.0217. The van der Waals surface area contributed by atoms with Crippen molar-refractivity contribution in [1.82, 2.24) is 5.32 Å². The van der Waals surface area contributed by atoms with Crippen LogP contribution in [-0.2, 0) is 16.1 Å². The van der Waals surface area contributed by atoms with Gasteiger partial charge < -0.3 is 4.74 Å². The number of nitrogens with one attached hydrogen (secondary N) is 1. The highest BCUT2D eigenvalue weighted by Crippen LogP contribution is 2.33. The molecular weight excluding hydrogens is 259 g/mol. The van der Waals surface area contributed by atoms with Gasteiger partial charge >= 0.3 is 12.1 Å². The van der Waals surface area contributed by atoms with Gasteiger partial charge in [0, 0.05) is 6.54 Å². The summed E-state index contributed by atoms with van der Waals surface area (Å²) in [7, 11) is 1.07. The summed E-state index contributed by atoms with van der Waals surface area (Å²) in [5.74, 6) is -0.902. The molecule has 0 radical (unpaired) electrons. The Morgan fingerprint density at radius 1 is 1.26 bits per heavy atom. The lowest BCUT2D eigenvalue weighted by Gasteiger charge is -2.32. The van der Waals surface area contributed by atoms with E-state index in [2.05, 4.69) is 10.1 Å². The normalized spacial score (nSPS) is 14.8. The summed E-state index contributed by atoms with van der Waals surface area (Å²) in [5, 5.41) is 2.39. The van der Waals surface area contributed by atoms with E-state index in [9.17, 15) is 18.0 Å². The van der Waals surface area contributed by atoms with Crippen LogP contribution in [0.1, 0.15) is 18.9 Å². The van der Waals surface area contributed by atoms with Gasteiger partial charge in [-0.1, -0.05) is 30.3 Å². The number of hydrogen-bond donors (Lipinski definition) is 1. The molecule has 0 saturated carbocycles. The van der Waals surface area contributed by atoms with Crippen LogP contribution in [0.2, 0.25) is 0 Å². The number of esters is 1. The average molecular weight is 275 g/mol. The SMILES string of the molecule is COC(=O)CC(C)(NCc1ccccc1)C(F)(F)F. The molecule has 1 atom stereocenters. The van der Waals surface area contributed by atoms with E-state index < -0.39 is 24.1 Å². The smallest absolute Gasteiger partial charge is 0.406 e. The summed E-state index contributed by atoms with van der Waals surface area (Å²) in [6, 6.07) is 8.68. The number of halogens is 3. The highest BCUT2D eigenvalue weighted by molar-refractivity contribution is 5.70. The Bertz CT molecular complexity index is 420. The van der Waals surface area contributed by atoms with Gasteiger partial charge in [0.25, 0.3) is 0 Å². The molecule has 0 aliphatic carbocycles. The van der Waals surface area contributed by atoms with E-state index >= 15 is 0 Å². The summed E-state index contributed by atoms with van der Waals surface area (Å²) in [4.78, 5) is 11.1. The maximum atomic E-state index is 13.0. The maximum absolute atomic E-state index is 13.0.